The summed E-state index contributed by atoms with van der Waals surface area (Å²) in [6, 6.07) is 14.9. The van der Waals surface area contributed by atoms with Gasteiger partial charge in [-0.3, -0.25) is 0 Å². The van der Waals surface area contributed by atoms with Crippen molar-refractivity contribution in [2.75, 3.05) is 0 Å². The molecule has 0 aliphatic carbocycles. The molecule has 0 unspecified atom stereocenters. The molecule has 3 nitrogen and oxygen atoms in total. The van der Waals surface area contributed by atoms with E-state index >= 15 is 0 Å². The van der Waals surface area contributed by atoms with Crippen molar-refractivity contribution in [2.24, 2.45) is 0 Å². The summed E-state index contributed by atoms with van der Waals surface area (Å²) < 4.78 is 28.4. The van der Waals surface area contributed by atoms with Crippen molar-refractivity contribution in [1.29, 1.82) is 0 Å². The Morgan fingerprint density at radius 2 is 1.75 bits per heavy atom. The molecular formula is C14H12BrClO3S. The summed E-state index contributed by atoms with van der Waals surface area (Å²) in [5, 5.41) is 0. The van der Waals surface area contributed by atoms with Crippen molar-refractivity contribution in [2.45, 2.75) is 12.4 Å². The van der Waals surface area contributed by atoms with Crippen LogP contribution in [0.5, 0.6) is 5.75 Å². The molecule has 0 atom stereocenters. The third kappa shape index (κ3) is 4.81. The van der Waals surface area contributed by atoms with Gasteiger partial charge in [-0.1, -0.05) is 36.4 Å². The molecule has 0 spiro atoms. The largest absolute Gasteiger partial charge is 0.488 e. The molecular weight excluding hydrogens is 364 g/mol. The highest BCUT2D eigenvalue weighted by Crippen LogP contribution is 2.27. The van der Waals surface area contributed by atoms with Gasteiger partial charge < -0.3 is 4.74 Å². The SMILES string of the molecule is O=S(=O)(Cl)Cc1ccc(OCc2ccccc2)c(Br)c1. The van der Waals surface area contributed by atoms with Gasteiger partial charge in [-0.05, 0) is 39.2 Å². The fourth-order valence-electron chi connectivity index (χ4n) is 1.69. The van der Waals surface area contributed by atoms with E-state index in [1.807, 2.05) is 30.3 Å². The van der Waals surface area contributed by atoms with Gasteiger partial charge in [0.2, 0.25) is 9.05 Å². The third-order valence-corrected chi connectivity index (χ3v) is 4.20. The number of halogens is 2. The summed E-state index contributed by atoms with van der Waals surface area (Å²) in [4.78, 5) is 0. The lowest BCUT2D eigenvalue weighted by Crippen LogP contribution is -1.98. The molecule has 106 valence electrons. The smallest absolute Gasteiger partial charge is 0.236 e. The van der Waals surface area contributed by atoms with Crippen LogP contribution in [0.1, 0.15) is 11.1 Å². The lowest BCUT2D eigenvalue weighted by atomic mass is 10.2. The Morgan fingerprint density at radius 3 is 2.35 bits per heavy atom. The second-order valence-corrected chi connectivity index (χ2v) is 7.85. The van der Waals surface area contributed by atoms with Gasteiger partial charge in [0.15, 0.2) is 0 Å². The van der Waals surface area contributed by atoms with Gasteiger partial charge >= 0.3 is 0 Å². The highest BCUT2D eigenvalue weighted by Gasteiger charge is 2.09. The molecule has 6 heteroatoms. The predicted molar refractivity (Wildman–Crippen MR) is 83.4 cm³/mol. The molecule has 0 aromatic heterocycles. The first-order valence-corrected chi connectivity index (χ1v) is 9.09. The summed E-state index contributed by atoms with van der Waals surface area (Å²) in [6.45, 7) is 0.451. The normalized spacial score (nSPS) is 11.3. The lowest BCUT2D eigenvalue weighted by Gasteiger charge is -2.09. The van der Waals surface area contributed by atoms with Gasteiger partial charge in [-0.2, -0.15) is 0 Å². The van der Waals surface area contributed by atoms with Crippen LogP contribution in [-0.2, 0) is 21.4 Å². The van der Waals surface area contributed by atoms with Gasteiger partial charge in [0, 0.05) is 10.7 Å². The zero-order valence-corrected chi connectivity index (χ0v) is 13.6. The van der Waals surface area contributed by atoms with Crippen LogP contribution in [0.2, 0.25) is 0 Å². The second kappa shape index (κ2) is 6.61. The topological polar surface area (TPSA) is 43.4 Å². The van der Waals surface area contributed by atoms with Crippen LogP contribution in [0.3, 0.4) is 0 Å². The Hall–Kier alpha value is -1.04. The number of hydrogen-bond donors (Lipinski definition) is 0. The Morgan fingerprint density at radius 1 is 1.05 bits per heavy atom. The summed E-state index contributed by atoms with van der Waals surface area (Å²) in [5.74, 6) is 0.455. The van der Waals surface area contributed by atoms with Gasteiger partial charge in [0.1, 0.15) is 12.4 Å². The fraction of sp³-hybridized carbons (Fsp3) is 0.143. The highest BCUT2D eigenvalue weighted by atomic mass is 79.9. The molecule has 2 aromatic rings. The lowest BCUT2D eigenvalue weighted by molar-refractivity contribution is 0.304. The van der Waals surface area contributed by atoms with Crippen LogP contribution < -0.4 is 4.74 Å². The molecule has 0 aliphatic rings. The number of benzene rings is 2. The Balaban J connectivity index is 2.06. The predicted octanol–water partition coefficient (Wildman–Crippen LogP) is 4.10. The summed E-state index contributed by atoms with van der Waals surface area (Å²) in [6.07, 6.45) is 0. The first-order valence-electron chi connectivity index (χ1n) is 5.81. The van der Waals surface area contributed by atoms with Gasteiger partial charge in [-0.25, -0.2) is 8.42 Å². The minimum atomic E-state index is -3.55. The van der Waals surface area contributed by atoms with Crippen LogP contribution >= 0.6 is 26.6 Å². The van der Waals surface area contributed by atoms with Crippen LogP contribution in [0, 0.1) is 0 Å². The molecule has 2 rings (SSSR count). The zero-order valence-electron chi connectivity index (χ0n) is 10.4. The fourth-order valence-corrected chi connectivity index (χ4v) is 3.18. The summed E-state index contributed by atoms with van der Waals surface area (Å²) >= 11 is 3.37. The molecule has 0 fully saturated rings. The first-order chi connectivity index (χ1) is 9.44. The number of hydrogen-bond acceptors (Lipinski definition) is 3. The molecule has 0 saturated heterocycles. The number of ether oxygens (including phenoxy) is 1. The van der Waals surface area contributed by atoms with Crippen molar-refractivity contribution in [1.82, 2.24) is 0 Å². The van der Waals surface area contributed by atoms with Crippen LogP contribution in [0.15, 0.2) is 53.0 Å². The third-order valence-electron chi connectivity index (χ3n) is 2.57. The molecule has 0 radical (unpaired) electrons. The van der Waals surface area contributed by atoms with E-state index in [0.717, 1.165) is 5.56 Å². The maximum absolute atomic E-state index is 11.0. The summed E-state index contributed by atoms with van der Waals surface area (Å²) in [5.41, 5.74) is 1.67. The van der Waals surface area contributed by atoms with Crippen molar-refractivity contribution >= 4 is 35.7 Å². The van der Waals surface area contributed by atoms with E-state index in [9.17, 15) is 8.42 Å². The minimum absolute atomic E-state index is 0.202. The van der Waals surface area contributed by atoms with E-state index in [1.165, 1.54) is 0 Å². The molecule has 0 bridgehead atoms. The Bertz CT molecular complexity index is 687. The van der Waals surface area contributed by atoms with Crippen molar-refractivity contribution < 1.29 is 13.2 Å². The first kappa shape index (κ1) is 15.4. The Kier molecular flexibility index (Phi) is 5.07. The highest BCUT2D eigenvalue weighted by molar-refractivity contribution is 9.10. The average Bonchev–Trinajstić information content (AvgIpc) is 2.37. The van der Waals surface area contributed by atoms with E-state index in [4.69, 9.17) is 15.4 Å². The van der Waals surface area contributed by atoms with Crippen molar-refractivity contribution in [3.63, 3.8) is 0 Å². The Labute approximate surface area is 131 Å². The molecule has 0 N–H and O–H groups in total. The molecule has 0 aliphatic heterocycles. The second-order valence-electron chi connectivity index (χ2n) is 4.22. The van der Waals surface area contributed by atoms with Gasteiger partial charge in [0.25, 0.3) is 0 Å². The van der Waals surface area contributed by atoms with E-state index in [2.05, 4.69) is 15.9 Å². The van der Waals surface area contributed by atoms with Gasteiger partial charge in [0.05, 0.1) is 10.2 Å². The standard InChI is InChI=1S/C14H12BrClO3S/c15-13-8-12(10-20(16,17)18)6-7-14(13)19-9-11-4-2-1-3-5-11/h1-8H,9-10H2. The van der Waals surface area contributed by atoms with E-state index in [1.54, 1.807) is 18.2 Å². The van der Waals surface area contributed by atoms with Crippen molar-refractivity contribution in [3.05, 3.63) is 64.1 Å². The zero-order chi connectivity index (χ0) is 14.6. The van der Waals surface area contributed by atoms with E-state index in [0.29, 0.717) is 22.4 Å². The maximum Gasteiger partial charge on any atom is 0.236 e. The van der Waals surface area contributed by atoms with Crippen LogP contribution in [0.4, 0.5) is 0 Å². The molecule has 20 heavy (non-hydrogen) atoms. The monoisotopic (exact) mass is 374 g/mol. The van der Waals surface area contributed by atoms with E-state index in [-0.39, 0.29) is 5.75 Å². The summed E-state index contributed by atoms with van der Waals surface area (Å²) in [7, 11) is 1.68. The molecule has 2 aromatic carbocycles. The molecule has 0 amide bonds. The van der Waals surface area contributed by atoms with Crippen LogP contribution in [0.25, 0.3) is 0 Å². The average molecular weight is 376 g/mol. The van der Waals surface area contributed by atoms with Gasteiger partial charge in [-0.15, -0.1) is 0 Å². The molecule has 0 heterocycles. The van der Waals surface area contributed by atoms with Crippen LogP contribution in [-0.4, -0.2) is 8.42 Å². The van der Waals surface area contributed by atoms with Crippen molar-refractivity contribution in [3.8, 4) is 5.75 Å². The van der Waals surface area contributed by atoms with E-state index < -0.39 is 9.05 Å². The quantitative estimate of drug-likeness (QED) is 0.739. The molecule has 0 saturated carbocycles. The minimum Gasteiger partial charge on any atom is -0.488 e. The maximum atomic E-state index is 11.0. The number of rotatable bonds is 5.